The molecule has 0 aliphatic carbocycles. The van der Waals surface area contributed by atoms with E-state index in [1.54, 1.807) is 18.2 Å². The highest BCUT2D eigenvalue weighted by molar-refractivity contribution is 7.89. The number of hydrogen-bond acceptors (Lipinski definition) is 5. The van der Waals surface area contributed by atoms with Crippen molar-refractivity contribution in [3.05, 3.63) is 35.3 Å². The van der Waals surface area contributed by atoms with Gasteiger partial charge >= 0.3 is 7.12 Å². The molecule has 0 atom stereocenters. The van der Waals surface area contributed by atoms with Crippen molar-refractivity contribution in [3.63, 3.8) is 0 Å². The SMILES string of the molecule is CC1(C)OB(C(=Cc2ccc(S(N)(=O)=O)cc2)CO)OC1(C)C. The Labute approximate surface area is 137 Å². The largest absolute Gasteiger partial charge is 0.492 e. The van der Waals surface area contributed by atoms with Gasteiger partial charge in [-0.1, -0.05) is 18.2 Å². The molecular weight excluding hydrogens is 317 g/mol. The van der Waals surface area contributed by atoms with Gasteiger partial charge in [0, 0.05) is 0 Å². The van der Waals surface area contributed by atoms with Crippen LogP contribution in [0.15, 0.2) is 34.6 Å². The van der Waals surface area contributed by atoms with Crippen LogP contribution in [0.5, 0.6) is 0 Å². The summed E-state index contributed by atoms with van der Waals surface area (Å²) < 4.78 is 34.3. The van der Waals surface area contributed by atoms with Gasteiger partial charge in [0.15, 0.2) is 0 Å². The summed E-state index contributed by atoms with van der Waals surface area (Å²) >= 11 is 0. The quantitative estimate of drug-likeness (QED) is 0.807. The van der Waals surface area contributed by atoms with Gasteiger partial charge in [-0.25, -0.2) is 13.6 Å². The van der Waals surface area contributed by atoms with Gasteiger partial charge in [0.1, 0.15) is 0 Å². The van der Waals surface area contributed by atoms with Crippen LogP contribution in [-0.2, 0) is 19.3 Å². The van der Waals surface area contributed by atoms with Crippen molar-refractivity contribution >= 4 is 23.2 Å². The number of aliphatic hydroxyl groups is 1. The molecule has 1 heterocycles. The van der Waals surface area contributed by atoms with Gasteiger partial charge in [-0.05, 0) is 50.9 Å². The third-order valence-corrected chi connectivity index (χ3v) is 5.23. The molecule has 1 aliphatic rings. The van der Waals surface area contributed by atoms with Crippen LogP contribution in [0.3, 0.4) is 0 Å². The van der Waals surface area contributed by atoms with Crippen LogP contribution in [0.2, 0.25) is 0 Å². The average Bonchev–Trinajstić information content (AvgIpc) is 2.64. The third kappa shape index (κ3) is 3.84. The standard InChI is InChI=1S/C15H22BNO5S/c1-14(2)15(3,4)22-16(21-14)12(10-18)9-11-5-7-13(8-6-11)23(17,19)20/h5-9,18H,10H2,1-4H3,(H2,17,19,20). The zero-order chi connectivity index (χ0) is 17.5. The van der Waals surface area contributed by atoms with Crippen molar-refractivity contribution in [2.45, 2.75) is 43.8 Å². The first kappa shape index (κ1) is 18.2. The monoisotopic (exact) mass is 339 g/mol. The molecule has 126 valence electrons. The van der Waals surface area contributed by atoms with Crippen LogP contribution in [0.4, 0.5) is 0 Å². The predicted molar refractivity (Wildman–Crippen MR) is 89.0 cm³/mol. The molecule has 0 radical (unpaired) electrons. The number of benzene rings is 1. The minimum absolute atomic E-state index is 0.0378. The van der Waals surface area contributed by atoms with E-state index < -0.39 is 28.3 Å². The molecule has 0 bridgehead atoms. The summed E-state index contributed by atoms with van der Waals surface area (Å²) in [6, 6.07) is 6.06. The molecule has 0 amide bonds. The van der Waals surface area contributed by atoms with E-state index in [0.717, 1.165) is 5.56 Å². The Balaban J connectivity index is 2.27. The molecule has 2 rings (SSSR count). The Morgan fingerprint density at radius 2 is 1.65 bits per heavy atom. The van der Waals surface area contributed by atoms with E-state index in [1.165, 1.54) is 12.1 Å². The second-order valence-corrected chi connectivity index (χ2v) is 8.14. The van der Waals surface area contributed by atoms with Crippen molar-refractivity contribution in [1.82, 2.24) is 0 Å². The van der Waals surface area contributed by atoms with E-state index in [1.807, 2.05) is 27.7 Å². The number of rotatable bonds is 4. The van der Waals surface area contributed by atoms with Gasteiger partial charge in [-0.3, -0.25) is 0 Å². The van der Waals surface area contributed by atoms with Crippen LogP contribution >= 0.6 is 0 Å². The van der Waals surface area contributed by atoms with Gasteiger partial charge in [-0.15, -0.1) is 0 Å². The van der Waals surface area contributed by atoms with Crippen LogP contribution in [0.25, 0.3) is 6.08 Å². The second-order valence-electron chi connectivity index (χ2n) is 6.58. The Morgan fingerprint density at radius 1 is 1.17 bits per heavy atom. The molecule has 0 unspecified atom stereocenters. The molecule has 1 saturated heterocycles. The molecule has 23 heavy (non-hydrogen) atoms. The molecule has 8 heteroatoms. The molecule has 0 aromatic heterocycles. The van der Waals surface area contributed by atoms with Gasteiger partial charge in [0.2, 0.25) is 10.0 Å². The molecule has 0 spiro atoms. The topological polar surface area (TPSA) is 98.9 Å². The van der Waals surface area contributed by atoms with E-state index in [4.69, 9.17) is 14.4 Å². The molecule has 0 saturated carbocycles. The maximum absolute atomic E-state index is 11.3. The van der Waals surface area contributed by atoms with Crippen molar-refractivity contribution in [3.8, 4) is 0 Å². The highest BCUT2D eigenvalue weighted by Crippen LogP contribution is 2.38. The summed E-state index contributed by atoms with van der Waals surface area (Å²) in [6.07, 6.45) is 1.72. The molecular formula is C15H22BNO5S. The lowest BCUT2D eigenvalue weighted by atomic mass is 9.77. The first-order valence-electron chi connectivity index (χ1n) is 7.26. The Bertz CT molecular complexity index is 694. The first-order valence-corrected chi connectivity index (χ1v) is 8.81. The van der Waals surface area contributed by atoms with E-state index >= 15 is 0 Å². The van der Waals surface area contributed by atoms with E-state index in [-0.39, 0.29) is 11.5 Å². The van der Waals surface area contributed by atoms with Crippen LogP contribution < -0.4 is 5.14 Å². The fourth-order valence-electron chi connectivity index (χ4n) is 2.15. The summed E-state index contributed by atoms with van der Waals surface area (Å²) in [5.74, 6) is 0. The second kappa shape index (κ2) is 6.03. The van der Waals surface area contributed by atoms with E-state index in [0.29, 0.717) is 5.47 Å². The van der Waals surface area contributed by atoms with Crippen LogP contribution in [0.1, 0.15) is 33.3 Å². The Morgan fingerprint density at radius 3 is 2.04 bits per heavy atom. The highest BCUT2D eigenvalue weighted by atomic mass is 32.2. The lowest BCUT2D eigenvalue weighted by molar-refractivity contribution is 0.00578. The molecule has 1 aromatic carbocycles. The zero-order valence-corrected chi connectivity index (χ0v) is 14.6. The summed E-state index contributed by atoms with van der Waals surface area (Å²) in [6.45, 7) is 7.51. The molecule has 6 nitrogen and oxygen atoms in total. The Hall–Kier alpha value is -1.19. The van der Waals surface area contributed by atoms with Crippen molar-refractivity contribution < 1.29 is 22.8 Å². The lowest BCUT2D eigenvalue weighted by Crippen LogP contribution is -2.41. The summed E-state index contributed by atoms with van der Waals surface area (Å²) in [4.78, 5) is 0.0378. The molecule has 3 N–H and O–H groups in total. The van der Waals surface area contributed by atoms with Gasteiger partial charge in [-0.2, -0.15) is 0 Å². The number of hydrogen-bond donors (Lipinski definition) is 2. The van der Waals surface area contributed by atoms with Crippen molar-refractivity contribution in [2.24, 2.45) is 5.14 Å². The van der Waals surface area contributed by atoms with E-state index in [2.05, 4.69) is 0 Å². The number of aliphatic hydroxyl groups excluding tert-OH is 1. The minimum atomic E-state index is -3.72. The third-order valence-electron chi connectivity index (χ3n) is 4.30. The number of primary sulfonamides is 1. The average molecular weight is 339 g/mol. The summed E-state index contributed by atoms with van der Waals surface area (Å²) in [7, 11) is -4.37. The van der Waals surface area contributed by atoms with Gasteiger partial charge in [0.25, 0.3) is 0 Å². The van der Waals surface area contributed by atoms with Crippen LogP contribution in [-0.4, -0.2) is 38.5 Å². The fraction of sp³-hybridized carbons (Fsp3) is 0.467. The Kier molecular flexibility index (Phi) is 4.76. The zero-order valence-electron chi connectivity index (χ0n) is 13.7. The molecule has 1 fully saturated rings. The maximum Gasteiger partial charge on any atom is 0.492 e. The molecule has 1 aliphatic heterocycles. The maximum atomic E-state index is 11.3. The van der Waals surface area contributed by atoms with Gasteiger partial charge < -0.3 is 14.4 Å². The molecule has 1 aromatic rings. The summed E-state index contributed by atoms with van der Waals surface area (Å²) in [5, 5.41) is 14.7. The summed E-state index contributed by atoms with van der Waals surface area (Å²) in [5.41, 5.74) is 0.287. The lowest BCUT2D eigenvalue weighted by Gasteiger charge is -2.32. The number of sulfonamides is 1. The number of nitrogens with two attached hydrogens (primary N) is 1. The first-order chi connectivity index (χ1) is 10.5. The van der Waals surface area contributed by atoms with Gasteiger partial charge in [0.05, 0.1) is 22.7 Å². The highest BCUT2D eigenvalue weighted by Gasteiger charge is 2.52. The predicted octanol–water partition coefficient (Wildman–Crippen LogP) is 1.34. The van der Waals surface area contributed by atoms with Crippen molar-refractivity contribution in [1.29, 1.82) is 0 Å². The van der Waals surface area contributed by atoms with Crippen LogP contribution in [0, 0.1) is 0 Å². The van der Waals surface area contributed by atoms with E-state index in [9.17, 15) is 13.5 Å². The minimum Gasteiger partial charge on any atom is -0.400 e. The van der Waals surface area contributed by atoms with Crippen molar-refractivity contribution in [2.75, 3.05) is 6.61 Å². The normalized spacial score (nSPS) is 20.8. The fourth-order valence-corrected chi connectivity index (χ4v) is 2.67. The smallest absolute Gasteiger partial charge is 0.400 e.